The summed E-state index contributed by atoms with van der Waals surface area (Å²) < 4.78 is 0.819. The molecule has 1 aromatic rings. The minimum atomic E-state index is -0.0132. The quantitative estimate of drug-likeness (QED) is 0.850. The van der Waals surface area contributed by atoms with Crippen LogP contribution in [-0.4, -0.2) is 12.5 Å². The van der Waals surface area contributed by atoms with Crippen molar-refractivity contribution in [3.8, 4) is 0 Å². The molecule has 0 bridgehead atoms. The first-order chi connectivity index (χ1) is 9.15. The Morgan fingerprint density at radius 3 is 2.47 bits per heavy atom. The van der Waals surface area contributed by atoms with Crippen LogP contribution >= 0.6 is 27.5 Å². The Morgan fingerprint density at radius 1 is 1.32 bits per heavy atom. The lowest BCUT2D eigenvalue weighted by Crippen LogP contribution is -2.31. The topological polar surface area (TPSA) is 29.1 Å². The maximum atomic E-state index is 12.1. The fraction of sp³-hybridized carbons (Fsp3) is 0.533. The van der Waals surface area contributed by atoms with Crippen LogP contribution in [0.4, 0.5) is 0 Å². The summed E-state index contributed by atoms with van der Waals surface area (Å²) in [5, 5.41) is 3.65. The number of carbonyl (C=O) groups is 1. The Labute approximate surface area is 127 Å². The van der Waals surface area contributed by atoms with Gasteiger partial charge in [0.15, 0.2) is 0 Å². The standard InChI is InChI=1S/C15H17BrClNO/c16-13-6-5-11(7-14(13)17)15(19)18-8-12(9-1-2-9)10-3-4-10/h5-7,9-10,12H,1-4,8H2,(H,18,19). The third-order valence-electron chi connectivity index (χ3n) is 4.14. The van der Waals surface area contributed by atoms with E-state index in [-0.39, 0.29) is 5.91 Å². The predicted octanol–water partition coefficient (Wildman–Crippen LogP) is 4.27. The maximum Gasteiger partial charge on any atom is 0.251 e. The number of amides is 1. The van der Waals surface area contributed by atoms with Crippen LogP contribution < -0.4 is 5.32 Å². The van der Waals surface area contributed by atoms with Gasteiger partial charge in [0.25, 0.3) is 5.91 Å². The van der Waals surface area contributed by atoms with Crippen molar-refractivity contribution in [1.29, 1.82) is 0 Å². The van der Waals surface area contributed by atoms with Crippen LogP contribution in [0, 0.1) is 17.8 Å². The lowest BCUT2D eigenvalue weighted by molar-refractivity contribution is 0.0943. The van der Waals surface area contributed by atoms with Crippen molar-refractivity contribution >= 4 is 33.4 Å². The summed E-state index contributed by atoms with van der Waals surface area (Å²) in [5.41, 5.74) is 0.638. The van der Waals surface area contributed by atoms with E-state index >= 15 is 0 Å². The van der Waals surface area contributed by atoms with Gasteiger partial charge in [0.2, 0.25) is 0 Å². The molecular weight excluding hydrogens is 326 g/mol. The molecule has 1 N–H and O–H groups in total. The average Bonchev–Trinajstić information content (AvgIpc) is 3.26. The van der Waals surface area contributed by atoms with Crippen molar-refractivity contribution in [2.75, 3.05) is 6.54 Å². The highest BCUT2D eigenvalue weighted by Crippen LogP contribution is 2.48. The summed E-state index contributed by atoms with van der Waals surface area (Å²) >= 11 is 9.35. The molecule has 2 nitrogen and oxygen atoms in total. The largest absolute Gasteiger partial charge is 0.352 e. The third-order valence-corrected chi connectivity index (χ3v) is 5.37. The number of halogens is 2. The number of hydrogen-bond acceptors (Lipinski definition) is 1. The van der Waals surface area contributed by atoms with E-state index in [1.54, 1.807) is 12.1 Å². The number of hydrogen-bond donors (Lipinski definition) is 1. The van der Waals surface area contributed by atoms with Crippen molar-refractivity contribution in [2.24, 2.45) is 17.8 Å². The molecule has 0 aliphatic heterocycles. The molecule has 1 aromatic carbocycles. The fourth-order valence-corrected chi connectivity index (χ4v) is 3.14. The molecule has 0 unspecified atom stereocenters. The Balaban J connectivity index is 1.59. The highest BCUT2D eigenvalue weighted by Gasteiger charge is 2.41. The fourth-order valence-electron chi connectivity index (χ4n) is 2.72. The molecule has 0 spiro atoms. The molecule has 0 atom stereocenters. The minimum Gasteiger partial charge on any atom is -0.352 e. The van der Waals surface area contributed by atoms with Gasteiger partial charge in [-0.2, -0.15) is 0 Å². The van der Waals surface area contributed by atoms with Gasteiger partial charge in [-0.3, -0.25) is 4.79 Å². The zero-order valence-electron chi connectivity index (χ0n) is 10.7. The first-order valence-electron chi connectivity index (χ1n) is 6.88. The van der Waals surface area contributed by atoms with E-state index in [2.05, 4.69) is 21.2 Å². The number of rotatable bonds is 5. The van der Waals surface area contributed by atoms with Gasteiger partial charge in [0, 0.05) is 16.6 Å². The Hall–Kier alpha value is -0.540. The number of nitrogens with one attached hydrogen (secondary N) is 1. The van der Waals surface area contributed by atoms with Gasteiger partial charge in [-0.1, -0.05) is 11.6 Å². The summed E-state index contributed by atoms with van der Waals surface area (Å²) in [6.07, 6.45) is 5.39. The normalized spacial score (nSPS) is 18.7. The number of benzene rings is 1. The lowest BCUT2D eigenvalue weighted by Gasteiger charge is -2.16. The highest BCUT2D eigenvalue weighted by molar-refractivity contribution is 9.10. The summed E-state index contributed by atoms with van der Waals surface area (Å²) in [7, 11) is 0. The molecule has 2 aliphatic carbocycles. The third kappa shape index (κ3) is 3.32. The zero-order chi connectivity index (χ0) is 13.4. The van der Waals surface area contributed by atoms with Crippen molar-refractivity contribution in [3.63, 3.8) is 0 Å². The van der Waals surface area contributed by atoms with Crippen LogP contribution in [0.5, 0.6) is 0 Å². The SMILES string of the molecule is O=C(NCC(C1CC1)C1CC1)c1ccc(Br)c(Cl)c1. The Kier molecular flexibility index (Phi) is 3.86. The van der Waals surface area contributed by atoms with E-state index in [0.29, 0.717) is 16.5 Å². The molecular formula is C15H17BrClNO. The first-order valence-corrected chi connectivity index (χ1v) is 8.05. The van der Waals surface area contributed by atoms with Crippen LogP contribution in [0.2, 0.25) is 5.02 Å². The second-order valence-corrected chi connectivity index (χ2v) is 6.94. The highest BCUT2D eigenvalue weighted by atomic mass is 79.9. The van der Waals surface area contributed by atoms with Crippen molar-refractivity contribution < 1.29 is 4.79 Å². The van der Waals surface area contributed by atoms with E-state index in [1.165, 1.54) is 25.7 Å². The molecule has 0 saturated heterocycles. The zero-order valence-corrected chi connectivity index (χ0v) is 13.0. The van der Waals surface area contributed by atoms with Gasteiger partial charge >= 0.3 is 0 Å². The van der Waals surface area contributed by atoms with E-state index < -0.39 is 0 Å². The van der Waals surface area contributed by atoms with E-state index in [4.69, 9.17) is 11.6 Å². The van der Waals surface area contributed by atoms with Crippen molar-refractivity contribution in [2.45, 2.75) is 25.7 Å². The van der Waals surface area contributed by atoms with E-state index in [9.17, 15) is 4.79 Å². The molecule has 1 amide bonds. The van der Waals surface area contributed by atoms with Crippen LogP contribution in [0.15, 0.2) is 22.7 Å². The average molecular weight is 343 g/mol. The minimum absolute atomic E-state index is 0.0132. The van der Waals surface area contributed by atoms with Crippen molar-refractivity contribution in [1.82, 2.24) is 5.32 Å². The van der Waals surface area contributed by atoms with Crippen molar-refractivity contribution in [3.05, 3.63) is 33.3 Å². The second-order valence-electron chi connectivity index (χ2n) is 5.68. The molecule has 2 aliphatic rings. The predicted molar refractivity (Wildman–Crippen MR) is 80.4 cm³/mol. The van der Waals surface area contributed by atoms with Gasteiger partial charge in [-0.05, 0) is 77.6 Å². The summed E-state index contributed by atoms with van der Waals surface area (Å²) in [4.78, 5) is 12.1. The molecule has 4 heteroatoms. The van der Waals surface area contributed by atoms with Gasteiger partial charge in [0.05, 0.1) is 5.02 Å². The first kappa shape index (κ1) is 13.4. The Bertz CT molecular complexity index is 485. The summed E-state index contributed by atoms with van der Waals surface area (Å²) in [6, 6.07) is 5.33. The van der Waals surface area contributed by atoms with Gasteiger partial charge in [-0.15, -0.1) is 0 Å². The smallest absolute Gasteiger partial charge is 0.251 e. The van der Waals surface area contributed by atoms with Crippen LogP contribution in [-0.2, 0) is 0 Å². The van der Waals surface area contributed by atoms with Crippen LogP contribution in [0.1, 0.15) is 36.0 Å². The summed E-state index contributed by atoms with van der Waals surface area (Å²) in [6.45, 7) is 0.821. The van der Waals surface area contributed by atoms with E-state index in [1.807, 2.05) is 6.07 Å². The molecule has 0 radical (unpaired) electrons. The maximum absolute atomic E-state index is 12.1. The second kappa shape index (κ2) is 5.45. The molecule has 19 heavy (non-hydrogen) atoms. The Morgan fingerprint density at radius 2 is 1.95 bits per heavy atom. The molecule has 3 rings (SSSR count). The van der Waals surface area contributed by atoms with Gasteiger partial charge < -0.3 is 5.32 Å². The monoisotopic (exact) mass is 341 g/mol. The number of carbonyl (C=O) groups excluding carboxylic acids is 1. The molecule has 2 saturated carbocycles. The van der Waals surface area contributed by atoms with E-state index in [0.717, 1.165) is 22.9 Å². The molecule has 0 aromatic heterocycles. The molecule has 102 valence electrons. The van der Waals surface area contributed by atoms with Crippen LogP contribution in [0.3, 0.4) is 0 Å². The van der Waals surface area contributed by atoms with Gasteiger partial charge in [0.1, 0.15) is 0 Å². The molecule has 0 heterocycles. The molecule has 2 fully saturated rings. The lowest BCUT2D eigenvalue weighted by atomic mass is 9.98. The van der Waals surface area contributed by atoms with Gasteiger partial charge in [-0.25, -0.2) is 0 Å². The summed E-state index contributed by atoms with van der Waals surface area (Å²) in [5.74, 6) is 2.41. The van der Waals surface area contributed by atoms with Crippen LogP contribution in [0.25, 0.3) is 0 Å².